The molecule has 3 rings (SSSR count). The van der Waals surface area contributed by atoms with Crippen LogP contribution >= 0.6 is 0 Å². The highest BCUT2D eigenvalue weighted by molar-refractivity contribution is 7.94. The molecule has 2 aromatic rings. The summed E-state index contributed by atoms with van der Waals surface area (Å²) in [7, 11) is -3.07. The van der Waals surface area contributed by atoms with Gasteiger partial charge >= 0.3 is 0 Å². The molecule has 34 heavy (non-hydrogen) atoms. The molecule has 1 heterocycles. The Bertz CT molecular complexity index is 1140. The molecule has 1 aliphatic rings. The highest BCUT2D eigenvalue weighted by Gasteiger charge is 2.49. The number of carbonyl (C=O) groups is 1. The van der Waals surface area contributed by atoms with Crippen molar-refractivity contribution >= 4 is 21.6 Å². The van der Waals surface area contributed by atoms with Gasteiger partial charge < -0.3 is 19.8 Å². The second-order valence-corrected chi connectivity index (χ2v) is 9.92. The summed E-state index contributed by atoms with van der Waals surface area (Å²) in [5, 5.41) is 20.7. The van der Waals surface area contributed by atoms with E-state index in [0.29, 0.717) is 0 Å². The van der Waals surface area contributed by atoms with Crippen LogP contribution in [-0.4, -0.2) is 66.2 Å². The Hall–Kier alpha value is -3.21. The Morgan fingerprint density at radius 3 is 2.50 bits per heavy atom. The van der Waals surface area contributed by atoms with Crippen molar-refractivity contribution in [3.05, 3.63) is 78.5 Å². The fourth-order valence-corrected chi connectivity index (χ4v) is 5.42. The molecule has 2 N–H and O–H groups in total. The van der Waals surface area contributed by atoms with Crippen LogP contribution in [0.4, 0.5) is 5.69 Å². The maximum absolute atomic E-state index is 13.8. The van der Waals surface area contributed by atoms with Crippen LogP contribution in [0.5, 0.6) is 5.88 Å². The number of rotatable bonds is 10. The maximum Gasteiger partial charge on any atom is 0.270 e. The van der Waals surface area contributed by atoms with Gasteiger partial charge in [0.05, 0.1) is 25.6 Å². The monoisotopic (exact) mass is 487 g/mol. The molecule has 0 radical (unpaired) electrons. The Kier molecular flexibility index (Phi) is 8.08. The zero-order valence-electron chi connectivity index (χ0n) is 19.1. The van der Waals surface area contributed by atoms with E-state index in [1.54, 1.807) is 19.1 Å². The highest BCUT2D eigenvalue weighted by atomic mass is 32.2. The maximum atomic E-state index is 13.8. The van der Waals surface area contributed by atoms with Gasteiger partial charge in [0.1, 0.15) is 6.54 Å². The van der Waals surface area contributed by atoms with Crippen molar-refractivity contribution in [1.82, 2.24) is 9.88 Å². The van der Waals surface area contributed by atoms with Crippen LogP contribution in [0, 0.1) is 5.92 Å². The molecule has 10 heteroatoms. The van der Waals surface area contributed by atoms with Crippen LogP contribution in [0.3, 0.4) is 0 Å². The SMILES string of the molecule is COc1ccc(N(CC(=O)N(CCO)Cc2ccccc2)S(=O)(=O)C2(O)C=CC=CC2C)cn1. The number of aliphatic hydroxyl groups excluding tert-OH is 1. The number of hydrogen-bond acceptors (Lipinski definition) is 7. The lowest BCUT2D eigenvalue weighted by atomic mass is 9.99. The molecule has 0 aliphatic heterocycles. The van der Waals surface area contributed by atoms with E-state index in [4.69, 9.17) is 4.74 Å². The van der Waals surface area contributed by atoms with E-state index < -0.39 is 33.3 Å². The number of pyridine rings is 1. The molecule has 1 aliphatic carbocycles. The van der Waals surface area contributed by atoms with Crippen LogP contribution in [0.2, 0.25) is 0 Å². The van der Waals surface area contributed by atoms with E-state index in [1.807, 2.05) is 30.3 Å². The van der Waals surface area contributed by atoms with Gasteiger partial charge in [-0.1, -0.05) is 55.5 Å². The minimum atomic E-state index is -4.50. The summed E-state index contributed by atoms with van der Waals surface area (Å²) in [6.07, 6.45) is 7.17. The summed E-state index contributed by atoms with van der Waals surface area (Å²) < 4.78 is 33.4. The zero-order chi connectivity index (χ0) is 24.8. The van der Waals surface area contributed by atoms with Gasteiger partial charge in [-0.15, -0.1) is 0 Å². The molecule has 0 fully saturated rings. The fourth-order valence-electron chi connectivity index (χ4n) is 3.61. The number of carbonyl (C=O) groups excluding carboxylic acids is 1. The average molecular weight is 488 g/mol. The third-order valence-corrected chi connectivity index (χ3v) is 7.89. The van der Waals surface area contributed by atoms with Crippen molar-refractivity contribution < 1.29 is 28.2 Å². The van der Waals surface area contributed by atoms with Crippen LogP contribution in [0.15, 0.2) is 73.0 Å². The van der Waals surface area contributed by atoms with Crippen molar-refractivity contribution in [3.63, 3.8) is 0 Å². The fraction of sp³-hybridized carbons (Fsp3) is 0.333. The Morgan fingerprint density at radius 2 is 1.91 bits per heavy atom. The normalized spacial score (nSPS) is 19.6. The number of sulfonamides is 1. The summed E-state index contributed by atoms with van der Waals surface area (Å²) in [6.45, 7) is 0.918. The molecular formula is C24H29N3O6S. The van der Waals surface area contributed by atoms with Crippen molar-refractivity contribution in [3.8, 4) is 5.88 Å². The first-order valence-corrected chi connectivity index (χ1v) is 12.2. The van der Waals surface area contributed by atoms with Crippen molar-refractivity contribution in [1.29, 1.82) is 0 Å². The van der Waals surface area contributed by atoms with E-state index >= 15 is 0 Å². The first-order chi connectivity index (χ1) is 16.2. The third kappa shape index (κ3) is 5.30. The van der Waals surface area contributed by atoms with E-state index in [9.17, 15) is 23.4 Å². The van der Waals surface area contributed by atoms with E-state index in [-0.39, 0.29) is 31.3 Å². The van der Waals surface area contributed by atoms with Crippen LogP contribution < -0.4 is 9.04 Å². The Labute approximate surface area is 199 Å². The molecule has 0 bridgehead atoms. The van der Waals surface area contributed by atoms with Gasteiger partial charge in [-0.2, -0.15) is 0 Å². The standard InChI is InChI=1S/C24H29N3O6S/c1-19-8-6-7-13-24(19,30)34(31,32)27(21-11-12-22(33-2)25-16-21)18-23(29)26(14-15-28)17-20-9-4-3-5-10-20/h3-13,16,19,28,30H,14-15,17-18H2,1-2H3. The van der Waals surface area contributed by atoms with Crippen molar-refractivity contribution in [2.75, 3.05) is 31.1 Å². The molecule has 2 unspecified atom stereocenters. The van der Waals surface area contributed by atoms with Gasteiger partial charge in [0.2, 0.25) is 16.7 Å². The van der Waals surface area contributed by atoms with Gasteiger partial charge in [0.25, 0.3) is 10.0 Å². The lowest BCUT2D eigenvalue weighted by molar-refractivity contribution is -0.130. The van der Waals surface area contributed by atoms with Gasteiger partial charge in [-0.3, -0.25) is 9.10 Å². The number of aromatic nitrogens is 1. The second kappa shape index (κ2) is 10.8. The highest BCUT2D eigenvalue weighted by Crippen LogP contribution is 2.35. The molecule has 0 spiro atoms. The predicted octanol–water partition coefficient (Wildman–Crippen LogP) is 1.70. The number of anilines is 1. The molecule has 9 nitrogen and oxygen atoms in total. The second-order valence-electron chi connectivity index (χ2n) is 7.88. The van der Waals surface area contributed by atoms with Crippen LogP contribution in [0.1, 0.15) is 12.5 Å². The molecule has 2 atom stereocenters. The molecular weight excluding hydrogens is 458 g/mol. The third-order valence-electron chi connectivity index (χ3n) is 5.64. The molecule has 182 valence electrons. The number of nitrogens with zero attached hydrogens (tertiary/aromatic N) is 3. The number of aliphatic hydroxyl groups is 2. The molecule has 1 aromatic carbocycles. The largest absolute Gasteiger partial charge is 0.481 e. The smallest absolute Gasteiger partial charge is 0.270 e. The molecule has 1 aromatic heterocycles. The van der Waals surface area contributed by atoms with Gasteiger partial charge in [-0.05, 0) is 17.7 Å². The van der Waals surface area contributed by atoms with Gasteiger partial charge in [0, 0.05) is 25.1 Å². The minimum absolute atomic E-state index is 0.0196. The molecule has 0 saturated carbocycles. The summed E-state index contributed by atoms with van der Waals surface area (Å²) in [5.74, 6) is -1.03. The minimum Gasteiger partial charge on any atom is -0.481 e. The number of benzene rings is 1. The Morgan fingerprint density at radius 1 is 1.18 bits per heavy atom. The summed E-state index contributed by atoms with van der Waals surface area (Å²) in [6, 6.07) is 12.1. The number of ether oxygens (including phenoxy) is 1. The van der Waals surface area contributed by atoms with Crippen molar-refractivity contribution in [2.24, 2.45) is 5.92 Å². The van der Waals surface area contributed by atoms with Crippen molar-refractivity contribution in [2.45, 2.75) is 18.4 Å². The Balaban J connectivity index is 1.98. The molecule has 0 saturated heterocycles. The lowest BCUT2D eigenvalue weighted by Gasteiger charge is -2.37. The number of hydrogen-bond donors (Lipinski definition) is 2. The topological polar surface area (TPSA) is 120 Å². The van der Waals surface area contributed by atoms with E-state index in [0.717, 1.165) is 9.87 Å². The first-order valence-electron chi connectivity index (χ1n) is 10.8. The summed E-state index contributed by atoms with van der Waals surface area (Å²) >= 11 is 0. The zero-order valence-corrected chi connectivity index (χ0v) is 19.9. The number of allylic oxidation sites excluding steroid dienone is 2. The first kappa shape index (κ1) is 25.4. The molecule has 1 amide bonds. The van der Waals surface area contributed by atoms with Gasteiger partial charge in [-0.25, -0.2) is 13.4 Å². The predicted molar refractivity (Wildman–Crippen MR) is 128 cm³/mol. The average Bonchev–Trinajstić information content (AvgIpc) is 2.84. The number of amides is 1. The van der Waals surface area contributed by atoms with E-state index in [2.05, 4.69) is 4.98 Å². The number of methoxy groups -OCH3 is 1. The summed E-state index contributed by atoms with van der Waals surface area (Å²) in [4.78, 5) is 16.5. The van der Waals surface area contributed by atoms with Gasteiger partial charge in [0.15, 0.2) is 0 Å². The van der Waals surface area contributed by atoms with Crippen LogP contribution in [0.25, 0.3) is 0 Å². The quantitative estimate of drug-likeness (QED) is 0.523. The summed E-state index contributed by atoms with van der Waals surface area (Å²) in [5.41, 5.74) is 0.929. The van der Waals surface area contributed by atoms with Crippen LogP contribution in [-0.2, 0) is 21.4 Å². The lowest BCUT2D eigenvalue weighted by Crippen LogP contribution is -2.54. The van der Waals surface area contributed by atoms with E-state index in [1.165, 1.54) is 42.5 Å².